The fourth-order valence-electron chi connectivity index (χ4n) is 3.22. The van der Waals surface area contributed by atoms with E-state index in [-0.39, 0.29) is 5.91 Å². The third-order valence-corrected chi connectivity index (χ3v) is 4.70. The van der Waals surface area contributed by atoms with Crippen molar-refractivity contribution >= 4 is 34.8 Å². The average Bonchev–Trinajstić information content (AvgIpc) is 2.99. The number of hydrogen-bond donors (Lipinski definition) is 1. The Morgan fingerprint density at radius 1 is 1.08 bits per heavy atom. The van der Waals surface area contributed by atoms with Crippen LogP contribution in [0, 0.1) is 0 Å². The zero-order valence-corrected chi connectivity index (χ0v) is 14.9. The van der Waals surface area contributed by atoms with Gasteiger partial charge in [0.2, 0.25) is 0 Å². The van der Waals surface area contributed by atoms with Gasteiger partial charge in [-0.15, -0.1) is 10.2 Å². The number of benzene rings is 2. The maximum atomic E-state index is 12.2. The molecular formula is C20H17ClN4O. The summed E-state index contributed by atoms with van der Waals surface area (Å²) in [7, 11) is 0. The first-order valence-electron chi connectivity index (χ1n) is 8.39. The molecule has 0 spiro atoms. The normalized spacial score (nSPS) is 15.6. The highest BCUT2D eigenvalue weighted by Gasteiger charge is 2.27. The number of amides is 1. The van der Waals surface area contributed by atoms with E-state index in [1.807, 2.05) is 12.1 Å². The molecular weight excluding hydrogens is 348 g/mol. The smallest absolute Gasteiger partial charge is 0.256 e. The van der Waals surface area contributed by atoms with Crippen LogP contribution >= 0.6 is 11.6 Å². The SMILES string of the molecule is CC1Cc2ccccc2N1c1ccc(NC(=O)c2ccc(Cl)cc2)nn1. The van der Waals surface area contributed by atoms with Gasteiger partial charge in [0.25, 0.3) is 5.91 Å². The number of hydrogen-bond acceptors (Lipinski definition) is 4. The van der Waals surface area contributed by atoms with Crippen LogP contribution in [0.3, 0.4) is 0 Å². The Balaban J connectivity index is 1.52. The second-order valence-electron chi connectivity index (χ2n) is 6.29. The fourth-order valence-corrected chi connectivity index (χ4v) is 3.35. The molecule has 2 heterocycles. The molecule has 0 saturated carbocycles. The molecule has 1 aliphatic rings. The van der Waals surface area contributed by atoms with Crippen LogP contribution < -0.4 is 10.2 Å². The highest BCUT2D eigenvalue weighted by atomic mass is 35.5. The molecule has 0 fully saturated rings. The molecule has 1 aliphatic heterocycles. The maximum Gasteiger partial charge on any atom is 0.256 e. The van der Waals surface area contributed by atoms with Crippen LogP contribution in [0.15, 0.2) is 60.7 Å². The second-order valence-corrected chi connectivity index (χ2v) is 6.73. The number of rotatable bonds is 3. The Kier molecular flexibility index (Phi) is 4.31. The third-order valence-electron chi connectivity index (χ3n) is 4.45. The van der Waals surface area contributed by atoms with Gasteiger partial charge >= 0.3 is 0 Å². The minimum atomic E-state index is -0.247. The van der Waals surface area contributed by atoms with E-state index in [2.05, 4.69) is 45.5 Å². The summed E-state index contributed by atoms with van der Waals surface area (Å²) in [6, 6.07) is 19.0. The highest BCUT2D eigenvalue weighted by molar-refractivity contribution is 6.30. The number of halogens is 1. The number of nitrogens with zero attached hydrogens (tertiary/aromatic N) is 3. The monoisotopic (exact) mass is 364 g/mol. The van der Waals surface area contributed by atoms with Crippen LogP contribution in [0.4, 0.5) is 17.3 Å². The van der Waals surface area contributed by atoms with Gasteiger partial charge in [-0.3, -0.25) is 4.79 Å². The van der Waals surface area contributed by atoms with Crippen LogP contribution in [-0.2, 0) is 6.42 Å². The Morgan fingerprint density at radius 2 is 1.85 bits per heavy atom. The van der Waals surface area contributed by atoms with Crippen molar-refractivity contribution in [1.82, 2.24) is 10.2 Å². The van der Waals surface area contributed by atoms with Gasteiger partial charge < -0.3 is 10.2 Å². The van der Waals surface area contributed by atoms with Crippen molar-refractivity contribution in [3.8, 4) is 0 Å². The van der Waals surface area contributed by atoms with Crippen molar-refractivity contribution in [2.24, 2.45) is 0 Å². The molecule has 0 saturated heterocycles. The molecule has 4 rings (SSSR count). The molecule has 0 bridgehead atoms. The zero-order chi connectivity index (χ0) is 18.1. The molecule has 1 amide bonds. The van der Waals surface area contributed by atoms with Gasteiger partial charge in [-0.1, -0.05) is 29.8 Å². The summed E-state index contributed by atoms with van der Waals surface area (Å²) in [6.07, 6.45) is 0.979. The van der Waals surface area contributed by atoms with E-state index in [9.17, 15) is 4.79 Å². The Bertz CT molecular complexity index is 941. The maximum absolute atomic E-state index is 12.2. The van der Waals surface area contributed by atoms with Gasteiger partial charge in [0.15, 0.2) is 11.6 Å². The fraction of sp³-hybridized carbons (Fsp3) is 0.150. The van der Waals surface area contributed by atoms with Crippen molar-refractivity contribution in [2.45, 2.75) is 19.4 Å². The first kappa shape index (κ1) is 16.5. The number of carbonyl (C=O) groups is 1. The lowest BCUT2D eigenvalue weighted by Gasteiger charge is -2.23. The molecule has 1 aromatic heterocycles. The lowest BCUT2D eigenvalue weighted by Crippen LogP contribution is -2.25. The molecule has 6 heteroatoms. The Morgan fingerprint density at radius 3 is 2.58 bits per heavy atom. The molecule has 0 aliphatic carbocycles. The van der Waals surface area contributed by atoms with Crippen LogP contribution in [0.1, 0.15) is 22.8 Å². The summed E-state index contributed by atoms with van der Waals surface area (Å²) < 4.78 is 0. The number of carbonyl (C=O) groups excluding carboxylic acids is 1. The van der Waals surface area contributed by atoms with Crippen molar-refractivity contribution in [3.63, 3.8) is 0 Å². The molecule has 5 nitrogen and oxygen atoms in total. The molecule has 1 atom stereocenters. The van der Waals surface area contributed by atoms with Crippen LogP contribution in [0.2, 0.25) is 5.02 Å². The quantitative estimate of drug-likeness (QED) is 0.745. The highest BCUT2D eigenvalue weighted by Crippen LogP contribution is 2.36. The first-order chi connectivity index (χ1) is 12.6. The average molecular weight is 365 g/mol. The number of nitrogens with one attached hydrogen (secondary N) is 1. The number of fused-ring (bicyclic) bond motifs is 1. The van der Waals surface area contributed by atoms with Crippen molar-refractivity contribution < 1.29 is 4.79 Å². The number of para-hydroxylation sites is 1. The van der Waals surface area contributed by atoms with Gasteiger partial charge in [0, 0.05) is 22.3 Å². The number of anilines is 3. The molecule has 2 aromatic carbocycles. The summed E-state index contributed by atoms with van der Waals surface area (Å²) in [5.74, 6) is 0.935. The third kappa shape index (κ3) is 3.13. The molecule has 0 radical (unpaired) electrons. The van der Waals surface area contributed by atoms with Gasteiger partial charge in [-0.2, -0.15) is 0 Å². The van der Waals surface area contributed by atoms with Crippen molar-refractivity contribution in [3.05, 3.63) is 76.8 Å². The first-order valence-corrected chi connectivity index (χ1v) is 8.77. The molecule has 1 N–H and O–H groups in total. The van der Waals surface area contributed by atoms with E-state index in [1.165, 1.54) is 5.56 Å². The van der Waals surface area contributed by atoms with E-state index in [0.29, 0.717) is 22.4 Å². The van der Waals surface area contributed by atoms with E-state index in [4.69, 9.17) is 11.6 Å². The largest absolute Gasteiger partial charge is 0.321 e. The minimum absolute atomic E-state index is 0.247. The second kappa shape index (κ2) is 6.77. The molecule has 1 unspecified atom stereocenters. The summed E-state index contributed by atoms with van der Waals surface area (Å²) in [5, 5.41) is 11.8. The van der Waals surface area contributed by atoms with Crippen LogP contribution in [0.25, 0.3) is 0 Å². The van der Waals surface area contributed by atoms with Gasteiger partial charge in [-0.05, 0) is 61.4 Å². The van der Waals surface area contributed by atoms with Gasteiger partial charge in [0.05, 0.1) is 0 Å². The van der Waals surface area contributed by atoms with E-state index in [1.54, 1.807) is 30.3 Å². The predicted molar refractivity (Wildman–Crippen MR) is 103 cm³/mol. The van der Waals surface area contributed by atoms with E-state index in [0.717, 1.165) is 17.9 Å². The van der Waals surface area contributed by atoms with E-state index < -0.39 is 0 Å². The van der Waals surface area contributed by atoms with Crippen LogP contribution in [0.5, 0.6) is 0 Å². The van der Waals surface area contributed by atoms with Crippen molar-refractivity contribution in [1.29, 1.82) is 0 Å². The van der Waals surface area contributed by atoms with Crippen LogP contribution in [-0.4, -0.2) is 22.1 Å². The standard InChI is InChI=1S/C20H17ClN4O/c1-13-12-15-4-2-3-5-17(15)25(13)19-11-10-18(23-24-19)22-20(26)14-6-8-16(21)9-7-14/h2-11,13H,12H2,1H3,(H,22,23,26). The lowest BCUT2D eigenvalue weighted by molar-refractivity contribution is 0.102. The predicted octanol–water partition coefficient (Wildman–Crippen LogP) is 4.47. The molecule has 26 heavy (non-hydrogen) atoms. The summed E-state index contributed by atoms with van der Waals surface area (Å²) >= 11 is 5.85. The Labute approximate surface area is 156 Å². The summed E-state index contributed by atoms with van der Waals surface area (Å²) in [6.45, 7) is 2.16. The van der Waals surface area contributed by atoms with Crippen molar-refractivity contribution in [2.75, 3.05) is 10.2 Å². The summed E-state index contributed by atoms with van der Waals surface area (Å²) in [5.41, 5.74) is 2.98. The molecule has 3 aromatic rings. The lowest BCUT2D eigenvalue weighted by atomic mass is 10.1. The number of aromatic nitrogens is 2. The molecule has 130 valence electrons. The zero-order valence-electron chi connectivity index (χ0n) is 14.2. The minimum Gasteiger partial charge on any atom is -0.321 e. The van der Waals surface area contributed by atoms with E-state index >= 15 is 0 Å². The summed E-state index contributed by atoms with van der Waals surface area (Å²) in [4.78, 5) is 14.4. The van der Waals surface area contributed by atoms with Gasteiger partial charge in [0.1, 0.15) is 0 Å². The van der Waals surface area contributed by atoms with Gasteiger partial charge in [-0.25, -0.2) is 0 Å². The Hall–Kier alpha value is -2.92. The topological polar surface area (TPSA) is 58.1 Å².